The van der Waals surface area contributed by atoms with Gasteiger partial charge in [-0.15, -0.1) is 0 Å². The molecule has 1 fully saturated rings. The monoisotopic (exact) mass is 463 g/mol. The number of nitrogens with zero attached hydrogens (tertiary/aromatic N) is 3. The Balaban J connectivity index is 1.84. The molecule has 174 valence electrons. The summed E-state index contributed by atoms with van der Waals surface area (Å²) in [6.07, 6.45) is 0.835. The van der Waals surface area contributed by atoms with Gasteiger partial charge in [-0.05, 0) is 55.3 Å². The smallest absolute Gasteiger partial charge is 0.301 e. The van der Waals surface area contributed by atoms with E-state index in [1.165, 1.54) is 30.3 Å². The van der Waals surface area contributed by atoms with Crippen molar-refractivity contribution in [3.8, 4) is 5.75 Å². The van der Waals surface area contributed by atoms with E-state index in [2.05, 4.69) is 5.16 Å². The molecule has 1 aliphatic rings. The number of non-ortho nitro benzene ring substituents is 1. The van der Waals surface area contributed by atoms with Gasteiger partial charge in [0.25, 0.3) is 11.5 Å². The summed E-state index contributed by atoms with van der Waals surface area (Å²) in [5.74, 6) is -1.09. The summed E-state index contributed by atoms with van der Waals surface area (Å²) < 4.78 is 10.6. The molecule has 0 radical (unpaired) electrons. The van der Waals surface area contributed by atoms with E-state index in [4.69, 9.17) is 9.26 Å². The van der Waals surface area contributed by atoms with E-state index in [1.807, 2.05) is 6.92 Å². The molecule has 10 heteroatoms. The van der Waals surface area contributed by atoms with E-state index < -0.39 is 22.7 Å². The second-order valence-corrected chi connectivity index (χ2v) is 7.69. The number of hydrogen-bond acceptors (Lipinski definition) is 8. The highest BCUT2D eigenvalue weighted by molar-refractivity contribution is 6.51. The Morgan fingerprint density at radius 1 is 1.18 bits per heavy atom. The predicted octanol–water partition coefficient (Wildman–Crippen LogP) is 4.31. The van der Waals surface area contributed by atoms with Crippen LogP contribution >= 0.6 is 0 Å². The molecule has 2 aromatic carbocycles. The van der Waals surface area contributed by atoms with Crippen molar-refractivity contribution in [3.63, 3.8) is 0 Å². The Morgan fingerprint density at radius 3 is 2.41 bits per heavy atom. The Labute approximate surface area is 194 Å². The number of carbonyl (C=O) groups is 2. The third-order valence-corrected chi connectivity index (χ3v) is 5.33. The van der Waals surface area contributed by atoms with E-state index in [-0.39, 0.29) is 22.8 Å². The van der Waals surface area contributed by atoms with Crippen molar-refractivity contribution in [1.82, 2.24) is 5.16 Å². The Bertz CT molecular complexity index is 1280. The summed E-state index contributed by atoms with van der Waals surface area (Å²) in [6.45, 7) is 4.15. The van der Waals surface area contributed by atoms with Crippen molar-refractivity contribution >= 4 is 29.0 Å². The quantitative estimate of drug-likeness (QED) is 0.180. The summed E-state index contributed by atoms with van der Waals surface area (Å²) in [7, 11) is 0. The van der Waals surface area contributed by atoms with Crippen LogP contribution in [0.1, 0.15) is 36.3 Å². The fourth-order valence-electron chi connectivity index (χ4n) is 3.71. The van der Waals surface area contributed by atoms with E-state index in [9.17, 15) is 24.8 Å². The van der Waals surface area contributed by atoms with Crippen molar-refractivity contribution in [2.24, 2.45) is 0 Å². The molecule has 1 unspecified atom stereocenters. The average Bonchev–Trinajstić information content (AvgIpc) is 3.38. The fourth-order valence-corrected chi connectivity index (χ4v) is 3.71. The van der Waals surface area contributed by atoms with Crippen molar-refractivity contribution < 1.29 is 28.9 Å². The minimum absolute atomic E-state index is 0.0883. The molecular formula is C24H21N3O7. The molecule has 1 atom stereocenters. The molecule has 34 heavy (non-hydrogen) atoms. The summed E-state index contributed by atoms with van der Waals surface area (Å²) in [6, 6.07) is 12.3. The number of nitro groups is 1. The van der Waals surface area contributed by atoms with Crippen LogP contribution in [-0.2, 0) is 9.59 Å². The highest BCUT2D eigenvalue weighted by Crippen LogP contribution is 2.42. The van der Waals surface area contributed by atoms with Crippen LogP contribution in [0, 0.1) is 17.0 Å². The van der Waals surface area contributed by atoms with Gasteiger partial charge < -0.3 is 14.4 Å². The van der Waals surface area contributed by atoms with Crippen molar-refractivity contribution in [2.75, 3.05) is 11.5 Å². The molecule has 0 saturated carbocycles. The van der Waals surface area contributed by atoms with Crippen LogP contribution in [0.2, 0.25) is 0 Å². The van der Waals surface area contributed by atoms with E-state index in [0.29, 0.717) is 29.2 Å². The van der Waals surface area contributed by atoms with Gasteiger partial charge in [-0.25, -0.2) is 0 Å². The normalized spacial score (nSPS) is 17.2. The van der Waals surface area contributed by atoms with Gasteiger partial charge >= 0.3 is 5.91 Å². The van der Waals surface area contributed by atoms with Crippen molar-refractivity contribution in [3.05, 3.63) is 87.2 Å². The second-order valence-electron chi connectivity index (χ2n) is 7.69. The zero-order chi connectivity index (χ0) is 24.4. The van der Waals surface area contributed by atoms with Crippen LogP contribution in [-0.4, -0.2) is 33.5 Å². The molecule has 10 nitrogen and oxygen atoms in total. The number of carbonyl (C=O) groups excluding carboxylic acids is 2. The SMILES string of the molecule is CCCOc1ccc(/C(O)=C2\C(=O)C(=O)N(c3cc(C)on3)C2c2ccc([N+](=O)[O-])cc2)cc1. The highest BCUT2D eigenvalue weighted by atomic mass is 16.6. The number of nitro benzene ring substituents is 1. The number of benzene rings is 2. The van der Waals surface area contributed by atoms with Gasteiger partial charge in [-0.2, -0.15) is 0 Å². The molecule has 4 rings (SSSR count). The van der Waals surface area contributed by atoms with Gasteiger partial charge in [-0.1, -0.05) is 12.1 Å². The molecule has 2 heterocycles. The zero-order valence-electron chi connectivity index (χ0n) is 18.4. The van der Waals surface area contributed by atoms with Crippen LogP contribution in [0.4, 0.5) is 11.5 Å². The Kier molecular flexibility index (Phi) is 6.13. The molecule has 1 aromatic heterocycles. The van der Waals surface area contributed by atoms with Crippen molar-refractivity contribution in [2.45, 2.75) is 26.3 Å². The number of aliphatic hydroxyl groups excluding tert-OH is 1. The van der Waals surface area contributed by atoms with E-state index in [1.54, 1.807) is 31.2 Å². The van der Waals surface area contributed by atoms with Gasteiger partial charge in [0, 0.05) is 23.8 Å². The fraction of sp³-hybridized carbons (Fsp3) is 0.208. The molecule has 0 aliphatic carbocycles. The average molecular weight is 463 g/mol. The van der Waals surface area contributed by atoms with E-state index in [0.717, 1.165) is 11.3 Å². The number of aromatic nitrogens is 1. The lowest BCUT2D eigenvalue weighted by atomic mass is 9.95. The standard InChI is InChI=1S/C24H21N3O7/c1-3-12-33-18-10-6-16(7-11-18)22(28)20-21(15-4-8-17(9-5-15)27(31)32)26(24(30)23(20)29)19-13-14(2)34-25-19/h4-11,13,21,28H,3,12H2,1-2H3/b22-20+. The minimum Gasteiger partial charge on any atom is -0.507 e. The summed E-state index contributed by atoms with van der Waals surface area (Å²) in [4.78, 5) is 37.7. The molecule has 3 aromatic rings. The Morgan fingerprint density at radius 2 is 1.85 bits per heavy atom. The first-order valence-corrected chi connectivity index (χ1v) is 10.5. The second kappa shape index (κ2) is 9.18. The lowest BCUT2D eigenvalue weighted by Crippen LogP contribution is -2.29. The van der Waals surface area contributed by atoms with Crippen LogP contribution in [0.25, 0.3) is 5.76 Å². The maximum atomic E-state index is 13.1. The maximum absolute atomic E-state index is 13.1. The number of Topliss-reactive ketones (excluding diaryl/α,β-unsaturated/α-hetero) is 1. The molecule has 1 amide bonds. The van der Waals surface area contributed by atoms with Crippen molar-refractivity contribution in [1.29, 1.82) is 0 Å². The number of ketones is 1. The number of anilines is 1. The number of amides is 1. The third-order valence-electron chi connectivity index (χ3n) is 5.33. The van der Waals surface area contributed by atoms with Gasteiger partial charge in [0.1, 0.15) is 17.3 Å². The van der Waals surface area contributed by atoms with Gasteiger partial charge in [0.15, 0.2) is 5.82 Å². The largest absolute Gasteiger partial charge is 0.507 e. The summed E-state index contributed by atoms with van der Waals surface area (Å²) in [5, 5.41) is 26.0. The summed E-state index contributed by atoms with van der Waals surface area (Å²) in [5.41, 5.74) is 0.377. The molecule has 1 saturated heterocycles. The molecule has 1 N–H and O–H groups in total. The number of aliphatic hydroxyl groups is 1. The van der Waals surface area contributed by atoms with Gasteiger partial charge in [0.05, 0.1) is 23.1 Å². The van der Waals surface area contributed by atoms with Gasteiger partial charge in [-0.3, -0.25) is 24.6 Å². The first-order valence-electron chi connectivity index (χ1n) is 10.5. The van der Waals surface area contributed by atoms with Crippen LogP contribution in [0.3, 0.4) is 0 Å². The first-order chi connectivity index (χ1) is 16.3. The Hall–Kier alpha value is -4.47. The molecular weight excluding hydrogens is 442 g/mol. The lowest BCUT2D eigenvalue weighted by Gasteiger charge is -2.22. The summed E-state index contributed by atoms with van der Waals surface area (Å²) >= 11 is 0. The minimum atomic E-state index is -1.07. The molecule has 0 spiro atoms. The predicted molar refractivity (Wildman–Crippen MR) is 121 cm³/mol. The lowest BCUT2D eigenvalue weighted by molar-refractivity contribution is -0.384. The van der Waals surface area contributed by atoms with Crippen LogP contribution in [0.5, 0.6) is 5.75 Å². The number of hydrogen-bond donors (Lipinski definition) is 1. The van der Waals surface area contributed by atoms with Gasteiger partial charge in [0.2, 0.25) is 0 Å². The van der Waals surface area contributed by atoms with Crippen LogP contribution in [0.15, 0.2) is 64.7 Å². The third kappa shape index (κ3) is 4.13. The highest BCUT2D eigenvalue weighted by Gasteiger charge is 2.48. The molecule has 1 aliphatic heterocycles. The number of aryl methyl sites for hydroxylation is 1. The maximum Gasteiger partial charge on any atom is 0.301 e. The van der Waals surface area contributed by atoms with Crippen LogP contribution < -0.4 is 9.64 Å². The first kappa shape index (κ1) is 22.7. The number of rotatable bonds is 7. The molecule has 0 bridgehead atoms. The zero-order valence-corrected chi connectivity index (χ0v) is 18.4. The van der Waals surface area contributed by atoms with E-state index >= 15 is 0 Å². The number of ether oxygens (including phenoxy) is 1. The topological polar surface area (TPSA) is 136 Å².